The van der Waals surface area contributed by atoms with E-state index < -0.39 is 24.5 Å². The van der Waals surface area contributed by atoms with Gasteiger partial charge in [0.2, 0.25) is 5.91 Å². The third-order valence-electron chi connectivity index (χ3n) is 1.60. The fourth-order valence-electron chi connectivity index (χ4n) is 0.776. The van der Waals surface area contributed by atoms with E-state index in [1.54, 1.807) is 0 Å². The number of aliphatic carboxylic acids is 1. The first kappa shape index (κ1) is 13.9. The number of carbonyl (C=O) groups is 2. The molecule has 15 heavy (non-hydrogen) atoms. The summed E-state index contributed by atoms with van der Waals surface area (Å²) in [6.45, 7) is 5.08. The normalized spacial score (nSPS) is 13.3. The van der Waals surface area contributed by atoms with Crippen molar-refractivity contribution in [3.05, 3.63) is 0 Å². The Kier molecular flexibility index (Phi) is 5.24. The van der Waals surface area contributed by atoms with Crippen LogP contribution in [0.4, 0.5) is 0 Å². The molecule has 1 atom stereocenters. The fourth-order valence-corrected chi connectivity index (χ4v) is 0.776. The summed E-state index contributed by atoms with van der Waals surface area (Å²) < 4.78 is 0. The first-order valence-corrected chi connectivity index (χ1v) is 4.64. The van der Waals surface area contributed by atoms with Gasteiger partial charge in [-0.25, -0.2) is 4.79 Å². The lowest BCUT2D eigenvalue weighted by molar-refractivity contribution is -0.142. The van der Waals surface area contributed by atoms with Crippen LogP contribution in [0.2, 0.25) is 0 Å². The number of amides is 1. The number of hydrogen-bond donors (Lipinski definition) is 4. The van der Waals surface area contributed by atoms with Gasteiger partial charge in [-0.2, -0.15) is 0 Å². The molecular formula is C9H18N2O4. The van der Waals surface area contributed by atoms with Gasteiger partial charge in [0, 0.05) is 5.54 Å². The first-order chi connectivity index (χ1) is 6.76. The predicted octanol–water partition coefficient (Wildman–Crippen LogP) is -1.06. The number of hydrogen-bond acceptors (Lipinski definition) is 4. The van der Waals surface area contributed by atoms with Gasteiger partial charge in [0.1, 0.15) is 6.04 Å². The van der Waals surface area contributed by atoms with Crippen LogP contribution in [-0.2, 0) is 9.59 Å². The van der Waals surface area contributed by atoms with Crippen molar-refractivity contribution >= 4 is 11.9 Å². The quantitative estimate of drug-likeness (QED) is 0.471. The topological polar surface area (TPSA) is 98.7 Å². The highest BCUT2D eigenvalue weighted by molar-refractivity contribution is 5.84. The summed E-state index contributed by atoms with van der Waals surface area (Å²) in [4.78, 5) is 21.7. The summed E-state index contributed by atoms with van der Waals surface area (Å²) >= 11 is 0. The van der Waals surface area contributed by atoms with Gasteiger partial charge in [-0.1, -0.05) is 0 Å². The fraction of sp³-hybridized carbons (Fsp3) is 0.778. The molecule has 1 amide bonds. The molecule has 4 N–H and O–H groups in total. The van der Waals surface area contributed by atoms with E-state index in [1.807, 2.05) is 20.8 Å². The van der Waals surface area contributed by atoms with Crippen LogP contribution in [0.25, 0.3) is 0 Å². The van der Waals surface area contributed by atoms with Crippen LogP contribution in [0.15, 0.2) is 0 Å². The van der Waals surface area contributed by atoms with Crippen LogP contribution < -0.4 is 10.6 Å². The number of carboxylic acid groups (broad SMARTS) is 1. The Bertz CT molecular complexity index is 235. The van der Waals surface area contributed by atoms with Crippen LogP contribution in [0, 0.1) is 0 Å². The molecule has 0 aliphatic rings. The Morgan fingerprint density at radius 2 is 1.87 bits per heavy atom. The average molecular weight is 218 g/mol. The van der Waals surface area contributed by atoms with Crippen molar-refractivity contribution in [1.29, 1.82) is 0 Å². The molecule has 0 unspecified atom stereocenters. The molecule has 0 aliphatic carbocycles. The van der Waals surface area contributed by atoms with Gasteiger partial charge in [-0.15, -0.1) is 0 Å². The van der Waals surface area contributed by atoms with Crippen LogP contribution in [0.1, 0.15) is 20.8 Å². The Labute approximate surface area is 88.7 Å². The second-order valence-corrected chi connectivity index (χ2v) is 4.24. The molecule has 6 heteroatoms. The van der Waals surface area contributed by atoms with Gasteiger partial charge in [0.25, 0.3) is 0 Å². The largest absolute Gasteiger partial charge is 0.480 e. The molecule has 88 valence electrons. The molecule has 0 aromatic rings. The lowest BCUT2D eigenvalue weighted by Crippen LogP contribution is -2.49. The predicted molar refractivity (Wildman–Crippen MR) is 54.4 cm³/mol. The number of aliphatic hydroxyl groups excluding tert-OH is 1. The molecule has 0 aromatic heterocycles. The van der Waals surface area contributed by atoms with Crippen LogP contribution >= 0.6 is 0 Å². The number of carbonyl (C=O) groups excluding carboxylic acids is 1. The average Bonchev–Trinajstić information content (AvgIpc) is 2.09. The monoisotopic (exact) mass is 218 g/mol. The van der Waals surface area contributed by atoms with Crippen molar-refractivity contribution in [2.45, 2.75) is 32.4 Å². The van der Waals surface area contributed by atoms with Crippen LogP contribution in [0.3, 0.4) is 0 Å². The summed E-state index contributed by atoms with van der Waals surface area (Å²) in [5.74, 6) is -1.70. The maximum atomic E-state index is 11.2. The Morgan fingerprint density at radius 1 is 1.33 bits per heavy atom. The van der Waals surface area contributed by atoms with Crippen molar-refractivity contribution in [3.63, 3.8) is 0 Å². The molecule has 0 heterocycles. The van der Waals surface area contributed by atoms with E-state index in [-0.39, 0.29) is 12.1 Å². The minimum atomic E-state index is -1.25. The molecule has 0 aliphatic heterocycles. The standard InChI is InChI=1S/C9H18N2O4/c1-9(2,3)10-4-7(13)11-6(5-12)8(14)15/h6,10,12H,4-5H2,1-3H3,(H,11,13)(H,14,15)/t6-/m1/s1. The summed E-state index contributed by atoms with van der Waals surface area (Å²) in [7, 11) is 0. The minimum absolute atomic E-state index is 0.0211. The van der Waals surface area contributed by atoms with E-state index in [1.165, 1.54) is 0 Å². The third kappa shape index (κ3) is 6.87. The Balaban J connectivity index is 3.98. The molecule has 0 spiro atoms. The summed E-state index contributed by atoms with van der Waals surface area (Å²) in [5, 5.41) is 22.3. The Morgan fingerprint density at radius 3 is 2.20 bits per heavy atom. The summed E-state index contributed by atoms with van der Waals surface area (Å²) in [5.41, 5.74) is -0.213. The molecule has 0 aromatic carbocycles. The van der Waals surface area contributed by atoms with Crippen LogP contribution in [0.5, 0.6) is 0 Å². The summed E-state index contributed by atoms with van der Waals surface area (Å²) in [6.07, 6.45) is 0. The zero-order valence-electron chi connectivity index (χ0n) is 9.20. The smallest absolute Gasteiger partial charge is 0.328 e. The van der Waals surface area contributed by atoms with Gasteiger partial charge < -0.3 is 20.8 Å². The van der Waals surface area contributed by atoms with Crippen molar-refractivity contribution in [3.8, 4) is 0 Å². The number of rotatable bonds is 5. The van der Waals surface area contributed by atoms with E-state index in [0.717, 1.165) is 0 Å². The van der Waals surface area contributed by atoms with E-state index in [4.69, 9.17) is 10.2 Å². The van der Waals surface area contributed by atoms with Crippen molar-refractivity contribution in [2.75, 3.05) is 13.2 Å². The van der Waals surface area contributed by atoms with Gasteiger partial charge in [-0.3, -0.25) is 4.79 Å². The zero-order chi connectivity index (χ0) is 12.1. The molecular weight excluding hydrogens is 200 g/mol. The molecule has 0 fully saturated rings. The van der Waals surface area contributed by atoms with Crippen molar-refractivity contribution in [2.24, 2.45) is 0 Å². The lowest BCUT2D eigenvalue weighted by atomic mass is 10.1. The van der Waals surface area contributed by atoms with E-state index in [9.17, 15) is 9.59 Å². The Hall–Kier alpha value is -1.14. The highest BCUT2D eigenvalue weighted by Gasteiger charge is 2.19. The maximum absolute atomic E-state index is 11.2. The maximum Gasteiger partial charge on any atom is 0.328 e. The second kappa shape index (κ2) is 5.67. The first-order valence-electron chi connectivity index (χ1n) is 4.64. The highest BCUT2D eigenvalue weighted by Crippen LogP contribution is 1.96. The number of nitrogens with one attached hydrogen (secondary N) is 2. The highest BCUT2D eigenvalue weighted by atomic mass is 16.4. The molecule has 0 bridgehead atoms. The van der Waals surface area contributed by atoms with Crippen molar-refractivity contribution in [1.82, 2.24) is 10.6 Å². The van der Waals surface area contributed by atoms with Gasteiger partial charge in [0.15, 0.2) is 0 Å². The minimum Gasteiger partial charge on any atom is -0.480 e. The number of aliphatic hydroxyl groups is 1. The molecule has 0 saturated heterocycles. The van der Waals surface area contributed by atoms with E-state index in [2.05, 4.69) is 10.6 Å². The molecule has 6 nitrogen and oxygen atoms in total. The van der Waals surface area contributed by atoms with Crippen molar-refractivity contribution < 1.29 is 19.8 Å². The lowest BCUT2D eigenvalue weighted by Gasteiger charge is -2.20. The number of carboxylic acids is 1. The molecule has 0 saturated carbocycles. The SMILES string of the molecule is CC(C)(C)NCC(=O)N[C@H](CO)C(=O)O. The second-order valence-electron chi connectivity index (χ2n) is 4.24. The van der Waals surface area contributed by atoms with Gasteiger partial charge in [-0.05, 0) is 20.8 Å². The third-order valence-corrected chi connectivity index (χ3v) is 1.60. The molecule has 0 rings (SSSR count). The summed E-state index contributed by atoms with van der Waals surface area (Å²) in [6, 6.07) is -1.24. The van der Waals surface area contributed by atoms with Crippen LogP contribution in [-0.4, -0.2) is 46.8 Å². The van der Waals surface area contributed by atoms with E-state index in [0.29, 0.717) is 0 Å². The zero-order valence-corrected chi connectivity index (χ0v) is 9.20. The van der Waals surface area contributed by atoms with Gasteiger partial charge in [0.05, 0.1) is 13.2 Å². The molecule has 0 radical (unpaired) electrons. The van der Waals surface area contributed by atoms with E-state index >= 15 is 0 Å². The van der Waals surface area contributed by atoms with Gasteiger partial charge >= 0.3 is 5.97 Å².